The van der Waals surface area contributed by atoms with Crippen LogP contribution in [0.4, 0.5) is 0 Å². The predicted octanol–water partition coefficient (Wildman–Crippen LogP) is 0.877. The summed E-state index contributed by atoms with van der Waals surface area (Å²) in [5.41, 5.74) is -0.758. The zero-order chi connectivity index (χ0) is 20.3. The molecule has 1 heterocycles. The minimum atomic E-state index is -0.426. The molecule has 1 saturated heterocycles. The number of piperidine rings is 1. The molecule has 3 N–H and O–H groups in total. The van der Waals surface area contributed by atoms with E-state index in [9.17, 15) is 15.3 Å². The molecule has 6 fully saturated rings. The first-order valence-electron chi connectivity index (χ1n) is 11.7. The topological polar surface area (TPSA) is 82.4 Å². The Morgan fingerprint density at radius 2 is 1.93 bits per heavy atom. The Morgan fingerprint density at radius 1 is 1.14 bits per heavy atom. The van der Waals surface area contributed by atoms with Gasteiger partial charge in [-0.15, -0.1) is 0 Å². The molecule has 0 radical (unpaired) electrons. The van der Waals surface area contributed by atoms with Crippen molar-refractivity contribution < 1.29 is 24.8 Å². The van der Waals surface area contributed by atoms with Crippen molar-refractivity contribution in [3.05, 3.63) is 0 Å². The Labute approximate surface area is 173 Å². The summed E-state index contributed by atoms with van der Waals surface area (Å²) in [7, 11) is 3.60. The third-order valence-electron chi connectivity index (χ3n) is 11.1. The van der Waals surface area contributed by atoms with Gasteiger partial charge in [-0.2, -0.15) is 0 Å². The van der Waals surface area contributed by atoms with E-state index in [0.29, 0.717) is 5.92 Å². The van der Waals surface area contributed by atoms with Crippen LogP contribution in [-0.4, -0.2) is 84.1 Å². The predicted molar refractivity (Wildman–Crippen MR) is 106 cm³/mol. The zero-order valence-electron chi connectivity index (χ0n) is 18.0. The number of aliphatic hydroxyl groups is 3. The molecule has 6 nitrogen and oxygen atoms in total. The second-order valence-corrected chi connectivity index (χ2v) is 11.1. The summed E-state index contributed by atoms with van der Waals surface area (Å²) in [6, 6.07) is 0.273. The summed E-state index contributed by atoms with van der Waals surface area (Å²) in [5.74, 6) is 1.01. The largest absolute Gasteiger partial charge is 0.396 e. The Bertz CT molecular complexity index is 705. The Kier molecular flexibility index (Phi) is 4.00. The minimum absolute atomic E-state index is 0.0141. The van der Waals surface area contributed by atoms with Crippen LogP contribution in [0.5, 0.6) is 0 Å². The molecule has 0 aromatic heterocycles. The van der Waals surface area contributed by atoms with Gasteiger partial charge in [0.2, 0.25) is 0 Å². The molecular weight excluding hydrogens is 370 g/mol. The summed E-state index contributed by atoms with van der Waals surface area (Å²) in [4.78, 5) is 2.57. The number of hydrogen-bond donors (Lipinski definition) is 3. The summed E-state index contributed by atoms with van der Waals surface area (Å²) >= 11 is 0. The minimum Gasteiger partial charge on any atom is -0.396 e. The van der Waals surface area contributed by atoms with Crippen LogP contribution in [-0.2, 0) is 9.47 Å². The monoisotopic (exact) mass is 407 g/mol. The average molecular weight is 408 g/mol. The van der Waals surface area contributed by atoms with Crippen LogP contribution < -0.4 is 0 Å². The van der Waals surface area contributed by atoms with Crippen molar-refractivity contribution in [3.63, 3.8) is 0 Å². The van der Waals surface area contributed by atoms with E-state index in [-0.39, 0.29) is 59.4 Å². The van der Waals surface area contributed by atoms with Gasteiger partial charge in [-0.1, -0.05) is 6.92 Å². The molecule has 7 bridgehead atoms. The number of likely N-dealkylation sites (tertiary alicyclic amines) is 1. The number of methoxy groups -OCH3 is 2. The van der Waals surface area contributed by atoms with Gasteiger partial charge in [0.05, 0.1) is 30.5 Å². The van der Waals surface area contributed by atoms with Crippen molar-refractivity contribution in [2.45, 2.75) is 69.0 Å². The first kappa shape index (κ1) is 19.4. The Balaban J connectivity index is 1.60. The fraction of sp³-hybridized carbons (Fsp3) is 1.00. The second kappa shape index (κ2) is 5.96. The van der Waals surface area contributed by atoms with E-state index >= 15 is 0 Å². The van der Waals surface area contributed by atoms with E-state index in [0.717, 1.165) is 45.2 Å². The highest BCUT2D eigenvalue weighted by molar-refractivity contribution is 5.33. The number of aliphatic hydroxyl groups excluding tert-OH is 3. The van der Waals surface area contributed by atoms with Crippen molar-refractivity contribution in [2.24, 2.45) is 40.4 Å². The van der Waals surface area contributed by atoms with E-state index in [2.05, 4.69) is 11.8 Å². The van der Waals surface area contributed by atoms with Crippen LogP contribution in [0.2, 0.25) is 0 Å². The fourth-order valence-corrected chi connectivity index (χ4v) is 10.4. The van der Waals surface area contributed by atoms with E-state index in [1.54, 1.807) is 7.11 Å². The van der Waals surface area contributed by atoms with E-state index in [1.807, 2.05) is 7.11 Å². The second-order valence-electron chi connectivity index (χ2n) is 11.1. The summed E-state index contributed by atoms with van der Waals surface area (Å²) in [6.07, 6.45) is 3.65. The maximum absolute atomic E-state index is 11.7. The van der Waals surface area contributed by atoms with Crippen molar-refractivity contribution in [2.75, 3.05) is 33.9 Å². The molecule has 5 saturated carbocycles. The van der Waals surface area contributed by atoms with Crippen LogP contribution in [0.1, 0.15) is 39.0 Å². The molecule has 6 aliphatic rings. The van der Waals surface area contributed by atoms with E-state index in [1.165, 1.54) is 0 Å². The molecule has 0 aromatic rings. The van der Waals surface area contributed by atoms with Gasteiger partial charge in [-0.25, -0.2) is 0 Å². The molecule has 0 amide bonds. The number of fused-ring (bicyclic) bond motifs is 2. The van der Waals surface area contributed by atoms with Gasteiger partial charge in [0, 0.05) is 61.8 Å². The van der Waals surface area contributed by atoms with Crippen LogP contribution in [0, 0.1) is 40.4 Å². The molecular formula is C23H37NO5. The molecule has 0 aromatic carbocycles. The molecule has 6 rings (SSSR count). The lowest BCUT2D eigenvalue weighted by Gasteiger charge is -2.69. The smallest absolute Gasteiger partial charge is 0.0802 e. The van der Waals surface area contributed by atoms with Gasteiger partial charge >= 0.3 is 0 Å². The number of hydrogen-bond acceptors (Lipinski definition) is 6. The zero-order valence-corrected chi connectivity index (χ0v) is 18.0. The fourth-order valence-electron chi connectivity index (χ4n) is 10.4. The van der Waals surface area contributed by atoms with Gasteiger partial charge in [-0.05, 0) is 44.1 Å². The SMILES string of the molecule is CCN1C[C@]2(CO)CC[C@H](O)[C@@]34C5C[C@@H]6[C@@H](OC)C[C@@](OC)(C5[C@H]6O)[C@@H](CC23)[C@@H]14. The first-order valence-corrected chi connectivity index (χ1v) is 11.7. The van der Waals surface area contributed by atoms with Crippen molar-refractivity contribution in [1.29, 1.82) is 0 Å². The molecule has 3 unspecified atom stereocenters. The maximum atomic E-state index is 11.7. The van der Waals surface area contributed by atoms with Crippen molar-refractivity contribution >= 4 is 0 Å². The molecule has 12 atom stereocenters. The summed E-state index contributed by atoms with van der Waals surface area (Å²) in [6.45, 7) is 4.28. The lowest BCUT2D eigenvalue weighted by Crippen LogP contribution is -2.76. The highest BCUT2D eigenvalue weighted by Crippen LogP contribution is 2.79. The molecule has 164 valence electrons. The van der Waals surface area contributed by atoms with Crippen molar-refractivity contribution in [3.8, 4) is 0 Å². The number of ether oxygens (including phenoxy) is 2. The summed E-state index contributed by atoms with van der Waals surface area (Å²) in [5, 5.41) is 33.8. The number of nitrogens with zero attached hydrogens (tertiary/aromatic N) is 1. The van der Waals surface area contributed by atoms with Gasteiger partial charge in [-0.3, -0.25) is 4.90 Å². The molecule has 6 heteroatoms. The van der Waals surface area contributed by atoms with Crippen LogP contribution in [0.25, 0.3) is 0 Å². The highest BCUT2D eigenvalue weighted by Gasteiger charge is 2.83. The van der Waals surface area contributed by atoms with Crippen LogP contribution >= 0.6 is 0 Å². The molecule has 29 heavy (non-hydrogen) atoms. The van der Waals surface area contributed by atoms with Crippen LogP contribution in [0.15, 0.2) is 0 Å². The van der Waals surface area contributed by atoms with E-state index in [4.69, 9.17) is 9.47 Å². The lowest BCUT2D eigenvalue weighted by atomic mass is 9.43. The normalized spacial score (nSPS) is 62.5. The Morgan fingerprint density at radius 3 is 2.59 bits per heavy atom. The number of rotatable bonds is 4. The highest BCUT2D eigenvalue weighted by atomic mass is 16.5. The van der Waals surface area contributed by atoms with Gasteiger partial charge < -0.3 is 24.8 Å². The standard InChI is InChI=1S/C23H37NO5/c1-4-24-10-21(11-25)6-5-17(26)23-13-7-12-15(28-2)9-22(29-3,18(13)19(12)27)14(20(23)24)8-16(21)23/h12-20,25-27H,4-11H2,1-3H3/t12-,13?,14+,15+,16?,17+,18?,19+,20-,21+,22+,23-/m1/s1. The first-order chi connectivity index (χ1) is 13.9. The average Bonchev–Trinajstić information content (AvgIpc) is 3.14. The van der Waals surface area contributed by atoms with Gasteiger partial charge in [0.15, 0.2) is 0 Å². The summed E-state index contributed by atoms with van der Waals surface area (Å²) < 4.78 is 12.4. The lowest BCUT2D eigenvalue weighted by molar-refractivity contribution is -0.277. The Hall–Kier alpha value is -0.240. The third-order valence-corrected chi connectivity index (χ3v) is 11.1. The van der Waals surface area contributed by atoms with E-state index < -0.39 is 11.7 Å². The maximum Gasteiger partial charge on any atom is 0.0802 e. The molecule has 5 aliphatic carbocycles. The van der Waals surface area contributed by atoms with Gasteiger partial charge in [0.25, 0.3) is 0 Å². The third kappa shape index (κ3) is 1.85. The van der Waals surface area contributed by atoms with Crippen molar-refractivity contribution in [1.82, 2.24) is 4.90 Å². The van der Waals surface area contributed by atoms with Gasteiger partial charge in [0.1, 0.15) is 0 Å². The quantitative estimate of drug-likeness (QED) is 0.642. The van der Waals surface area contributed by atoms with Crippen LogP contribution in [0.3, 0.4) is 0 Å². The molecule has 1 spiro atoms. The molecule has 1 aliphatic heterocycles.